The quantitative estimate of drug-likeness (QED) is 0.865. The molecular formula is C16H15Cl2NO2. The number of hydrogen-bond donors (Lipinski definition) is 1. The molecule has 0 bridgehead atoms. The van der Waals surface area contributed by atoms with E-state index in [0.717, 1.165) is 10.6 Å². The van der Waals surface area contributed by atoms with Crippen molar-refractivity contribution in [1.29, 1.82) is 0 Å². The standard InChI is InChI=1S/C10H10ClNO2.C6H5Cl/c11-8-3-1-7(2-4-8)9-5-14-6-10(13)12-9;7-6-4-2-1-3-5-6/h1-4,9H,5-6H2,(H,12,13);1-5H/t9-;/m0./s1. The summed E-state index contributed by atoms with van der Waals surface area (Å²) in [5, 5.41) is 4.33. The zero-order valence-electron chi connectivity index (χ0n) is 11.3. The summed E-state index contributed by atoms with van der Waals surface area (Å²) in [6, 6.07) is 16.8. The number of morpholine rings is 1. The van der Waals surface area contributed by atoms with Crippen LogP contribution in [-0.4, -0.2) is 19.1 Å². The van der Waals surface area contributed by atoms with Crippen LogP contribution in [0.5, 0.6) is 0 Å². The van der Waals surface area contributed by atoms with E-state index in [2.05, 4.69) is 5.32 Å². The molecule has 1 N–H and O–H groups in total. The van der Waals surface area contributed by atoms with Crippen molar-refractivity contribution < 1.29 is 9.53 Å². The maximum Gasteiger partial charge on any atom is 0.246 e. The van der Waals surface area contributed by atoms with Gasteiger partial charge in [-0.3, -0.25) is 4.79 Å². The Balaban J connectivity index is 0.000000194. The van der Waals surface area contributed by atoms with E-state index in [1.807, 2.05) is 42.5 Å². The minimum absolute atomic E-state index is 0.0477. The van der Waals surface area contributed by atoms with Crippen molar-refractivity contribution in [3.8, 4) is 0 Å². The molecule has 1 aliphatic rings. The van der Waals surface area contributed by atoms with Gasteiger partial charge in [0, 0.05) is 10.0 Å². The van der Waals surface area contributed by atoms with Crippen LogP contribution in [0.2, 0.25) is 10.0 Å². The average Bonchev–Trinajstić information content (AvgIpc) is 2.49. The van der Waals surface area contributed by atoms with Gasteiger partial charge in [0.15, 0.2) is 0 Å². The average molecular weight is 324 g/mol. The summed E-state index contributed by atoms with van der Waals surface area (Å²) >= 11 is 11.3. The number of carbonyl (C=O) groups excluding carboxylic acids is 1. The maximum absolute atomic E-state index is 11.1. The molecule has 0 unspecified atom stereocenters. The fourth-order valence-corrected chi connectivity index (χ4v) is 2.11. The number of hydrogen-bond acceptors (Lipinski definition) is 2. The summed E-state index contributed by atoms with van der Waals surface area (Å²) in [5.74, 6) is -0.0730. The number of ether oxygens (including phenoxy) is 1. The summed E-state index contributed by atoms with van der Waals surface area (Å²) in [7, 11) is 0. The summed E-state index contributed by atoms with van der Waals surface area (Å²) in [6.45, 7) is 0.678. The Labute approximate surface area is 133 Å². The van der Waals surface area contributed by atoms with Gasteiger partial charge in [0.2, 0.25) is 5.91 Å². The highest BCUT2D eigenvalue weighted by atomic mass is 35.5. The molecule has 2 aromatic carbocycles. The second-order valence-corrected chi connectivity index (χ2v) is 5.36. The summed E-state index contributed by atoms with van der Waals surface area (Å²) in [6.07, 6.45) is 0. The molecule has 3 nitrogen and oxygen atoms in total. The van der Waals surface area contributed by atoms with Gasteiger partial charge in [-0.2, -0.15) is 0 Å². The van der Waals surface area contributed by atoms with E-state index < -0.39 is 0 Å². The lowest BCUT2D eigenvalue weighted by Gasteiger charge is -2.23. The van der Waals surface area contributed by atoms with Crippen LogP contribution in [0, 0.1) is 0 Å². The molecule has 21 heavy (non-hydrogen) atoms. The Morgan fingerprint density at radius 1 is 0.952 bits per heavy atom. The first-order valence-electron chi connectivity index (χ1n) is 6.48. The molecule has 1 amide bonds. The van der Waals surface area contributed by atoms with E-state index in [1.54, 1.807) is 12.1 Å². The topological polar surface area (TPSA) is 38.3 Å². The Kier molecular flexibility index (Phi) is 6.05. The molecule has 1 aliphatic heterocycles. The van der Waals surface area contributed by atoms with E-state index in [9.17, 15) is 4.79 Å². The largest absolute Gasteiger partial charge is 0.369 e. The van der Waals surface area contributed by atoms with E-state index in [1.165, 1.54) is 0 Å². The first-order valence-corrected chi connectivity index (χ1v) is 7.24. The monoisotopic (exact) mass is 323 g/mol. The molecule has 0 radical (unpaired) electrons. The molecule has 1 saturated heterocycles. The third-order valence-electron chi connectivity index (χ3n) is 2.86. The number of benzene rings is 2. The molecule has 5 heteroatoms. The molecule has 3 rings (SSSR count). The summed E-state index contributed by atoms with van der Waals surface area (Å²) in [4.78, 5) is 11.1. The van der Waals surface area contributed by atoms with E-state index in [4.69, 9.17) is 27.9 Å². The van der Waals surface area contributed by atoms with Gasteiger partial charge in [-0.1, -0.05) is 53.5 Å². The Morgan fingerprint density at radius 3 is 2.10 bits per heavy atom. The number of rotatable bonds is 1. The highest BCUT2D eigenvalue weighted by Crippen LogP contribution is 2.18. The molecule has 110 valence electrons. The minimum atomic E-state index is -0.0730. The molecule has 1 atom stereocenters. The van der Waals surface area contributed by atoms with Crippen molar-refractivity contribution in [1.82, 2.24) is 5.32 Å². The lowest BCUT2D eigenvalue weighted by atomic mass is 10.1. The number of carbonyl (C=O) groups is 1. The van der Waals surface area contributed by atoms with Gasteiger partial charge in [-0.25, -0.2) is 0 Å². The Hall–Kier alpha value is -1.55. The van der Waals surface area contributed by atoms with Gasteiger partial charge < -0.3 is 10.1 Å². The van der Waals surface area contributed by atoms with Crippen molar-refractivity contribution in [2.75, 3.05) is 13.2 Å². The zero-order chi connectivity index (χ0) is 15.1. The smallest absolute Gasteiger partial charge is 0.246 e. The lowest BCUT2D eigenvalue weighted by Crippen LogP contribution is -2.39. The fourth-order valence-electron chi connectivity index (χ4n) is 1.84. The first-order chi connectivity index (χ1) is 10.1. The van der Waals surface area contributed by atoms with E-state index >= 15 is 0 Å². The van der Waals surface area contributed by atoms with Crippen LogP contribution < -0.4 is 5.32 Å². The van der Waals surface area contributed by atoms with Crippen molar-refractivity contribution in [3.05, 3.63) is 70.2 Å². The molecule has 1 heterocycles. The number of halogens is 2. The van der Waals surface area contributed by atoms with Crippen LogP contribution in [0.3, 0.4) is 0 Å². The molecule has 0 aliphatic carbocycles. The predicted octanol–water partition coefficient (Wildman–Crippen LogP) is 3.87. The third-order valence-corrected chi connectivity index (χ3v) is 3.36. The van der Waals surface area contributed by atoms with E-state index in [0.29, 0.717) is 11.6 Å². The summed E-state index contributed by atoms with van der Waals surface area (Å²) < 4.78 is 5.13. The second kappa shape index (κ2) is 8.03. The third kappa shape index (κ3) is 5.38. The van der Waals surface area contributed by atoms with Crippen molar-refractivity contribution >= 4 is 29.1 Å². The maximum atomic E-state index is 11.1. The van der Waals surface area contributed by atoms with Crippen molar-refractivity contribution in [3.63, 3.8) is 0 Å². The number of nitrogens with one attached hydrogen (secondary N) is 1. The van der Waals surface area contributed by atoms with Crippen molar-refractivity contribution in [2.45, 2.75) is 6.04 Å². The molecule has 2 aromatic rings. The van der Waals surface area contributed by atoms with Crippen LogP contribution in [0.1, 0.15) is 11.6 Å². The normalized spacial score (nSPS) is 17.4. The van der Waals surface area contributed by atoms with E-state index in [-0.39, 0.29) is 18.6 Å². The highest BCUT2D eigenvalue weighted by Gasteiger charge is 2.19. The molecular weight excluding hydrogens is 309 g/mol. The van der Waals surface area contributed by atoms with Gasteiger partial charge in [0.25, 0.3) is 0 Å². The van der Waals surface area contributed by atoms with Gasteiger partial charge in [-0.05, 0) is 29.8 Å². The fraction of sp³-hybridized carbons (Fsp3) is 0.188. The molecule has 0 aromatic heterocycles. The summed E-state index contributed by atoms with van der Waals surface area (Å²) in [5.41, 5.74) is 1.02. The molecule has 0 spiro atoms. The zero-order valence-corrected chi connectivity index (χ0v) is 12.8. The predicted molar refractivity (Wildman–Crippen MR) is 84.6 cm³/mol. The molecule has 1 fully saturated rings. The van der Waals surface area contributed by atoms with Crippen LogP contribution in [0.15, 0.2) is 54.6 Å². The Bertz CT molecular complexity index is 573. The second-order valence-electron chi connectivity index (χ2n) is 4.48. The van der Waals surface area contributed by atoms with Gasteiger partial charge in [-0.15, -0.1) is 0 Å². The SMILES string of the molecule is Clc1ccccc1.O=C1COC[C@@H](c2ccc(Cl)cc2)N1. The lowest BCUT2D eigenvalue weighted by molar-refractivity contribution is -0.131. The Morgan fingerprint density at radius 2 is 1.57 bits per heavy atom. The molecule has 0 saturated carbocycles. The minimum Gasteiger partial charge on any atom is -0.369 e. The van der Waals surface area contributed by atoms with Gasteiger partial charge in [0.05, 0.1) is 12.6 Å². The van der Waals surface area contributed by atoms with Crippen LogP contribution in [-0.2, 0) is 9.53 Å². The van der Waals surface area contributed by atoms with Crippen molar-refractivity contribution in [2.24, 2.45) is 0 Å². The van der Waals surface area contributed by atoms with Gasteiger partial charge in [0.1, 0.15) is 6.61 Å². The highest BCUT2D eigenvalue weighted by molar-refractivity contribution is 6.30. The van der Waals surface area contributed by atoms with Crippen LogP contribution in [0.25, 0.3) is 0 Å². The number of amides is 1. The van der Waals surface area contributed by atoms with Crippen LogP contribution >= 0.6 is 23.2 Å². The van der Waals surface area contributed by atoms with Gasteiger partial charge >= 0.3 is 0 Å². The van der Waals surface area contributed by atoms with Crippen LogP contribution in [0.4, 0.5) is 0 Å². The first kappa shape index (κ1) is 15.8.